The molecule has 42 heavy (non-hydrogen) atoms. The number of carbonyl (C=O) groups excluding carboxylic acids is 2. The van der Waals surface area contributed by atoms with Crippen molar-refractivity contribution in [3.8, 4) is 0 Å². The van der Waals surface area contributed by atoms with Gasteiger partial charge in [-0.25, -0.2) is 4.79 Å². The van der Waals surface area contributed by atoms with Crippen LogP contribution in [-0.4, -0.2) is 55.0 Å². The Morgan fingerprint density at radius 2 is 1.40 bits per heavy atom. The molecular weight excluding hydrogens is 563 g/mol. The van der Waals surface area contributed by atoms with E-state index in [4.69, 9.17) is 9.16 Å². The van der Waals surface area contributed by atoms with Crippen LogP contribution < -0.4 is 0 Å². The van der Waals surface area contributed by atoms with Crippen LogP contribution in [0.15, 0.2) is 104 Å². The summed E-state index contributed by atoms with van der Waals surface area (Å²) in [7, 11) is -2.19. The second kappa shape index (κ2) is 13.0. The van der Waals surface area contributed by atoms with Crippen LogP contribution in [0.25, 0.3) is 0 Å². The minimum Gasteiger partial charge on any atom is -0.458 e. The summed E-state index contributed by atoms with van der Waals surface area (Å²) in [5.41, 5.74) is 3.04. The predicted octanol–water partition coefficient (Wildman–Crippen LogP) is 6.57. The van der Waals surface area contributed by atoms with Crippen molar-refractivity contribution in [3.63, 3.8) is 0 Å². The van der Waals surface area contributed by atoms with Gasteiger partial charge in [0.15, 0.2) is 8.32 Å². The van der Waals surface area contributed by atoms with Gasteiger partial charge in [0.1, 0.15) is 6.61 Å². The number of amides is 1. The van der Waals surface area contributed by atoms with Crippen LogP contribution in [0.4, 0.5) is 0 Å². The maximum absolute atomic E-state index is 13.7. The molecule has 1 amide bonds. The van der Waals surface area contributed by atoms with Crippen LogP contribution in [0.2, 0.25) is 18.1 Å². The van der Waals surface area contributed by atoms with E-state index in [-0.39, 0.29) is 24.2 Å². The molecule has 222 valence electrons. The zero-order valence-electron chi connectivity index (χ0n) is 25.0. The van der Waals surface area contributed by atoms with Crippen molar-refractivity contribution < 1.29 is 23.9 Å². The number of aliphatic hydroxyl groups is 1. The van der Waals surface area contributed by atoms with E-state index in [0.717, 1.165) is 16.7 Å². The van der Waals surface area contributed by atoms with Crippen LogP contribution in [0.3, 0.4) is 0 Å². The Balaban J connectivity index is 1.84. The average Bonchev–Trinajstić information content (AvgIpc) is 2.98. The van der Waals surface area contributed by atoms with E-state index in [0.29, 0.717) is 0 Å². The van der Waals surface area contributed by atoms with Gasteiger partial charge in [-0.1, -0.05) is 124 Å². The monoisotopic (exact) mass is 603 g/mol. The molecule has 1 saturated heterocycles. The summed E-state index contributed by atoms with van der Waals surface area (Å²) >= 11 is 1.54. The molecule has 0 aromatic heterocycles. The highest BCUT2D eigenvalue weighted by Crippen LogP contribution is 2.55. The summed E-state index contributed by atoms with van der Waals surface area (Å²) in [4.78, 5) is 27.8. The summed E-state index contributed by atoms with van der Waals surface area (Å²) in [5.74, 6) is -1.79. The molecule has 1 N–H and O–H groups in total. The Morgan fingerprint density at radius 1 is 0.952 bits per heavy atom. The minimum absolute atomic E-state index is 0.0436. The molecule has 3 aromatic rings. The first-order valence-corrected chi connectivity index (χ1v) is 18.0. The molecule has 3 aromatic carbocycles. The van der Waals surface area contributed by atoms with Crippen LogP contribution in [0, 0.1) is 5.92 Å². The number of β-lactam (4-membered cyclic amide) rings is 1. The van der Waals surface area contributed by atoms with Crippen molar-refractivity contribution in [3.05, 3.63) is 120 Å². The molecule has 0 bridgehead atoms. The lowest BCUT2D eigenvalue weighted by Crippen LogP contribution is -2.67. The summed E-state index contributed by atoms with van der Waals surface area (Å²) in [5, 5.41) is 10.5. The lowest BCUT2D eigenvalue weighted by atomic mass is 9.84. The third-order valence-electron chi connectivity index (χ3n) is 8.28. The maximum atomic E-state index is 13.7. The SMILES string of the molecule is C=CCOC(=O)C(O)N1C(=O)[C@H](CO[Si](C)(C)C(C)(C)C)[C@H]1SC(c1ccccc1)(c1ccccc1)c1ccccc1. The highest BCUT2D eigenvalue weighted by molar-refractivity contribution is 8.01. The Bertz CT molecular complexity index is 1260. The van der Waals surface area contributed by atoms with Gasteiger partial charge in [0.2, 0.25) is 12.1 Å². The molecule has 0 saturated carbocycles. The lowest BCUT2D eigenvalue weighted by molar-refractivity contribution is -0.185. The average molecular weight is 604 g/mol. The van der Waals surface area contributed by atoms with Gasteiger partial charge in [0.05, 0.1) is 16.0 Å². The van der Waals surface area contributed by atoms with E-state index in [1.165, 1.54) is 22.7 Å². The van der Waals surface area contributed by atoms with Crippen LogP contribution in [0.1, 0.15) is 37.5 Å². The standard InChI is InChI=1S/C34H41NO5SSi/c1-7-23-39-32(38)30(37)35-29(36)28(24-40-42(5,6)33(2,3)4)31(35)41-34(25-17-11-8-12-18-25,26-19-13-9-14-20-26)27-21-15-10-16-22-27/h7-22,28,30-31,37H,1,23-24H2,2-6H3/t28-,30?,31+/m0/s1. The van der Waals surface area contributed by atoms with Crippen molar-refractivity contribution in [1.29, 1.82) is 0 Å². The van der Waals surface area contributed by atoms with Gasteiger partial charge >= 0.3 is 5.97 Å². The van der Waals surface area contributed by atoms with Crippen molar-refractivity contribution in [2.75, 3.05) is 13.2 Å². The van der Waals surface area contributed by atoms with Crippen molar-refractivity contribution in [2.45, 2.75) is 55.3 Å². The molecule has 0 radical (unpaired) electrons. The van der Waals surface area contributed by atoms with Gasteiger partial charge in [-0.2, -0.15) is 0 Å². The Morgan fingerprint density at radius 3 is 1.81 bits per heavy atom. The van der Waals surface area contributed by atoms with E-state index in [9.17, 15) is 14.7 Å². The number of hydrogen-bond donors (Lipinski definition) is 1. The molecule has 6 nitrogen and oxygen atoms in total. The van der Waals surface area contributed by atoms with Gasteiger partial charge in [0, 0.05) is 6.61 Å². The number of ether oxygens (including phenoxy) is 1. The molecule has 1 aliphatic heterocycles. The third-order valence-corrected chi connectivity index (χ3v) is 14.6. The Hall–Kier alpha value is -3.17. The second-order valence-electron chi connectivity index (χ2n) is 12.0. The molecule has 1 fully saturated rings. The molecule has 1 unspecified atom stereocenters. The number of thioether (sulfide) groups is 1. The first-order valence-electron chi connectivity index (χ1n) is 14.2. The van der Waals surface area contributed by atoms with E-state index in [1.54, 1.807) is 0 Å². The molecule has 4 rings (SSSR count). The van der Waals surface area contributed by atoms with Crippen molar-refractivity contribution in [2.24, 2.45) is 5.92 Å². The predicted molar refractivity (Wildman–Crippen MR) is 171 cm³/mol. The van der Waals surface area contributed by atoms with E-state index in [1.807, 2.05) is 54.6 Å². The molecule has 1 aliphatic rings. The summed E-state index contributed by atoms with van der Waals surface area (Å²) in [6.45, 7) is 14.5. The molecule has 0 aliphatic carbocycles. The van der Waals surface area contributed by atoms with Gasteiger partial charge < -0.3 is 14.3 Å². The fraction of sp³-hybridized carbons (Fsp3) is 0.353. The zero-order chi connectivity index (χ0) is 30.5. The van der Waals surface area contributed by atoms with Crippen molar-refractivity contribution >= 4 is 32.0 Å². The lowest BCUT2D eigenvalue weighted by Gasteiger charge is -2.52. The quantitative estimate of drug-likeness (QED) is 0.0830. The topological polar surface area (TPSA) is 76.1 Å². The highest BCUT2D eigenvalue weighted by atomic mass is 32.2. The smallest absolute Gasteiger partial charge is 0.356 e. The van der Waals surface area contributed by atoms with E-state index in [2.05, 4.69) is 76.8 Å². The number of benzene rings is 3. The summed E-state index contributed by atoms with van der Waals surface area (Å²) in [6.07, 6.45) is -0.324. The summed E-state index contributed by atoms with van der Waals surface area (Å²) in [6, 6.07) is 30.4. The fourth-order valence-electron chi connectivity index (χ4n) is 4.85. The maximum Gasteiger partial charge on any atom is 0.356 e. The largest absolute Gasteiger partial charge is 0.458 e. The van der Waals surface area contributed by atoms with Gasteiger partial charge in [-0.3, -0.25) is 9.69 Å². The highest BCUT2D eigenvalue weighted by Gasteiger charge is 2.57. The number of nitrogens with zero attached hydrogens (tertiary/aromatic N) is 1. The normalized spacial score (nSPS) is 18.2. The number of hydrogen-bond acceptors (Lipinski definition) is 6. The zero-order valence-corrected chi connectivity index (χ0v) is 26.8. The first kappa shape index (κ1) is 31.8. The molecular formula is C34H41NO5SSi. The Kier molecular flexibility index (Phi) is 9.83. The van der Waals surface area contributed by atoms with Crippen LogP contribution in [0.5, 0.6) is 0 Å². The van der Waals surface area contributed by atoms with Gasteiger partial charge in [-0.05, 0) is 34.8 Å². The molecule has 8 heteroatoms. The van der Waals surface area contributed by atoms with Crippen LogP contribution in [-0.2, 0) is 23.5 Å². The molecule has 1 heterocycles. The first-order chi connectivity index (χ1) is 19.9. The molecule has 3 atom stereocenters. The minimum atomic E-state index is -2.19. The van der Waals surface area contributed by atoms with Gasteiger partial charge in [-0.15, -0.1) is 11.8 Å². The third kappa shape index (κ3) is 6.27. The number of aliphatic hydroxyl groups excluding tert-OH is 1. The van der Waals surface area contributed by atoms with Crippen LogP contribution >= 0.6 is 11.8 Å². The van der Waals surface area contributed by atoms with E-state index >= 15 is 0 Å². The summed E-state index contributed by atoms with van der Waals surface area (Å²) < 4.78 is 10.9. The number of rotatable bonds is 12. The van der Waals surface area contributed by atoms with E-state index < -0.39 is 36.6 Å². The number of likely N-dealkylation sites (tertiary alicyclic amines) is 1. The Labute approximate surface area is 254 Å². The second-order valence-corrected chi connectivity index (χ2v) is 18.1. The number of carbonyl (C=O) groups is 2. The molecule has 0 spiro atoms. The fourth-order valence-corrected chi connectivity index (χ4v) is 7.75. The van der Waals surface area contributed by atoms with Gasteiger partial charge in [0.25, 0.3) is 0 Å². The van der Waals surface area contributed by atoms with Crippen molar-refractivity contribution in [1.82, 2.24) is 4.90 Å². The number of esters is 1.